The van der Waals surface area contributed by atoms with Gasteiger partial charge in [-0.25, -0.2) is 24.1 Å². The number of nitrogens with one attached hydrogen (secondary N) is 2. The molecule has 0 saturated heterocycles. The largest absolute Gasteiger partial charge is 0.493 e. The molecule has 2 aromatic carbocycles. The quantitative estimate of drug-likeness (QED) is 0.0785. The first-order valence-electron chi connectivity index (χ1n) is 13.1. The van der Waals surface area contributed by atoms with Gasteiger partial charge in [-0.2, -0.15) is 0 Å². The van der Waals surface area contributed by atoms with Crippen molar-refractivity contribution in [2.45, 2.75) is 39.7 Å². The zero-order valence-electron chi connectivity index (χ0n) is 23.7. The van der Waals surface area contributed by atoms with Gasteiger partial charge in [0.05, 0.1) is 17.5 Å². The number of aromatic nitrogens is 2. The molecule has 0 radical (unpaired) electrons. The molecule has 0 spiro atoms. The van der Waals surface area contributed by atoms with Gasteiger partial charge >= 0.3 is 6.09 Å². The van der Waals surface area contributed by atoms with Gasteiger partial charge in [0.25, 0.3) is 0 Å². The maximum Gasteiger partial charge on any atom is 0.410 e. The molecule has 1 amide bonds. The van der Waals surface area contributed by atoms with Crippen LogP contribution < -0.4 is 14.8 Å². The van der Waals surface area contributed by atoms with Crippen molar-refractivity contribution in [1.82, 2.24) is 14.9 Å². The van der Waals surface area contributed by atoms with Gasteiger partial charge in [0.15, 0.2) is 11.6 Å². The molecule has 0 aliphatic carbocycles. The van der Waals surface area contributed by atoms with Crippen molar-refractivity contribution in [2.75, 3.05) is 25.0 Å². The lowest BCUT2D eigenvalue weighted by molar-refractivity contribution is 0.0252. The SMILES string of the molecule is C=C/C(=C\C=NC=N)Oc1ccc(Nc2ncnc3cccc(OCCCN(CC)C(=O)OC(C)(C)C)c23)cc1F. The lowest BCUT2D eigenvalue weighted by Crippen LogP contribution is -2.37. The molecule has 1 heterocycles. The molecule has 0 aliphatic heterocycles. The third-order valence-corrected chi connectivity index (χ3v) is 5.51. The summed E-state index contributed by atoms with van der Waals surface area (Å²) in [5.74, 6) is 0.656. The van der Waals surface area contributed by atoms with Crippen molar-refractivity contribution in [1.29, 1.82) is 5.41 Å². The Balaban J connectivity index is 1.73. The number of carbonyl (C=O) groups is 1. The van der Waals surface area contributed by atoms with E-state index in [0.29, 0.717) is 54.3 Å². The van der Waals surface area contributed by atoms with Crippen molar-refractivity contribution < 1.29 is 23.4 Å². The molecular weight excluding hydrogens is 527 g/mol. The number of benzene rings is 2. The van der Waals surface area contributed by atoms with E-state index in [2.05, 4.69) is 26.9 Å². The lowest BCUT2D eigenvalue weighted by Gasteiger charge is -2.26. The second kappa shape index (κ2) is 14.5. The second-order valence-corrected chi connectivity index (χ2v) is 9.71. The van der Waals surface area contributed by atoms with Crippen LogP contribution in [-0.2, 0) is 4.74 Å². The van der Waals surface area contributed by atoms with Gasteiger partial charge in [-0.15, -0.1) is 0 Å². The number of anilines is 2. The van der Waals surface area contributed by atoms with Crippen molar-refractivity contribution in [3.8, 4) is 11.5 Å². The van der Waals surface area contributed by atoms with E-state index >= 15 is 0 Å². The molecule has 0 aliphatic rings. The van der Waals surface area contributed by atoms with Crippen LogP contribution >= 0.6 is 0 Å². The van der Waals surface area contributed by atoms with Crippen LogP contribution in [0.3, 0.4) is 0 Å². The third kappa shape index (κ3) is 9.13. The Bertz CT molecular complexity index is 1430. The van der Waals surface area contributed by atoms with E-state index in [1.807, 2.05) is 45.9 Å². The summed E-state index contributed by atoms with van der Waals surface area (Å²) in [4.78, 5) is 26.4. The Kier molecular flexibility index (Phi) is 10.9. The van der Waals surface area contributed by atoms with Gasteiger partial charge in [0.2, 0.25) is 0 Å². The van der Waals surface area contributed by atoms with E-state index < -0.39 is 11.4 Å². The van der Waals surface area contributed by atoms with E-state index in [4.69, 9.17) is 19.6 Å². The number of amides is 1. The Hall–Kier alpha value is -4.80. The number of carbonyl (C=O) groups excluding carboxylic acids is 1. The maximum atomic E-state index is 14.9. The standard InChI is InChI=1S/C30H35FN6O4/c1-6-22(14-15-33-19-32)40-25-13-12-21(18-23(25)31)36-28-27-24(34-20-35-28)10-8-11-26(27)39-17-9-16-37(7-2)29(38)41-30(3,4)5/h6,8,10-15,18-20,32H,1,7,9,16-17H2,2-5H3,(H,34,35,36)/b22-14+,32-19?,33-15?. The minimum atomic E-state index is -0.605. The van der Waals surface area contributed by atoms with Crippen LogP contribution in [0.4, 0.5) is 20.7 Å². The maximum absolute atomic E-state index is 14.9. The average Bonchev–Trinajstić information content (AvgIpc) is 2.93. The molecule has 0 unspecified atom stereocenters. The summed E-state index contributed by atoms with van der Waals surface area (Å²) in [7, 11) is 0. The number of hydrogen-bond acceptors (Lipinski definition) is 8. The van der Waals surface area contributed by atoms with E-state index in [9.17, 15) is 9.18 Å². The van der Waals surface area contributed by atoms with Gasteiger partial charge in [-0.1, -0.05) is 12.6 Å². The second-order valence-electron chi connectivity index (χ2n) is 9.71. The van der Waals surface area contributed by atoms with Crippen LogP contribution in [0.2, 0.25) is 0 Å². The highest BCUT2D eigenvalue weighted by molar-refractivity contribution is 5.95. The summed E-state index contributed by atoms with van der Waals surface area (Å²) >= 11 is 0. The zero-order chi connectivity index (χ0) is 29.8. The number of hydrogen-bond donors (Lipinski definition) is 2. The highest BCUT2D eigenvalue weighted by Gasteiger charge is 2.21. The van der Waals surface area contributed by atoms with Crippen LogP contribution in [0.25, 0.3) is 10.9 Å². The highest BCUT2D eigenvalue weighted by atomic mass is 19.1. The summed E-state index contributed by atoms with van der Waals surface area (Å²) in [6.07, 6.45) is 6.74. The molecule has 3 rings (SSSR count). The summed E-state index contributed by atoms with van der Waals surface area (Å²) in [6, 6.07) is 9.89. The molecule has 0 saturated carbocycles. The van der Waals surface area contributed by atoms with Crippen LogP contribution in [0.15, 0.2) is 72.2 Å². The minimum absolute atomic E-state index is 0.00553. The third-order valence-electron chi connectivity index (χ3n) is 5.51. The van der Waals surface area contributed by atoms with Crippen LogP contribution in [0.1, 0.15) is 34.1 Å². The summed E-state index contributed by atoms with van der Waals surface area (Å²) in [5.41, 5.74) is 0.526. The zero-order valence-corrected chi connectivity index (χ0v) is 23.7. The Morgan fingerprint density at radius 3 is 2.71 bits per heavy atom. The van der Waals surface area contributed by atoms with Gasteiger partial charge in [0, 0.05) is 31.1 Å². The molecule has 10 nitrogen and oxygen atoms in total. The first-order valence-corrected chi connectivity index (χ1v) is 13.1. The topological polar surface area (TPSA) is 122 Å². The fourth-order valence-corrected chi connectivity index (χ4v) is 3.66. The van der Waals surface area contributed by atoms with E-state index in [-0.39, 0.29) is 17.6 Å². The molecule has 216 valence electrons. The van der Waals surface area contributed by atoms with Crippen LogP contribution in [0.5, 0.6) is 11.5 Å². The van der Waals surface area contributed by atoms with E-state index in [1.165, 1.54) is 36.8 Å². The first kappa shape index (κ1) is 30.7. The van der Waals surface area contributed by atoms with Crippen LogP contribution in [-0.4, -0.2) is 58.8 Å². The molecule has 0 atom stereocenters. The predicted octanol–water partition coefficient (Wildman–Crippen LogP) is 6.66. The highest BCUT2D eigenvalue weighted by Crippen LogP contribution is 2.32. The lowest BCUT2D eigenvalue weighted by atomic mass is 10.2. The smallest absolute Gasteiger partial charge is 0.410 e. The number of halogens is 1. The number of fused-ring (bicyclic) bond motifs is 1. The van der Waals surface area contributed by atoms with Crippen LogP contribution in [0, 0.1) is 11.2 Å². The van der Waals surface area contributed by atoms with Gasteiger partial charge in [-0.05, 0) is 70.5 Å². The average molecular weight is 563 g/mol. The summed E-state index contributed by atoms with van der Waals surface area (Å²) in [5, 5.41) is 10.7. The monoisotopic (exact) mass is 562 g/mol. The van der Waals surface area contributed by atoms with Crippen molar-refractivity contribution in [2.24, 2.45) is 4.99 Å². The Morgan fingerprint density at radius 2 is 2.02 bits per heavy atom. The number of rotatable bonds is 13. The first-order chi connectivity index (χ1) is 19.6. The molecule has 2 N–H and O–H groups in total. The molecule has 3 aromatic rings. The molecule has 1 aromatic heterocycles. The van der Waals surface area contributed by atoms with Gasteiger partial charge in [0.1, 0.15) is 35.6 Å². The van der Waals surface area contributed by atoms with Crippen molar-refractivity contribution in [3.05, 3.63) is 73.0 Å². The summed E-state index contributed by atoms with van der Waals surface area (Å²) in [6.45, 7) is 12.4. The Morgan fingerprint density at radius 1 is 1.22 bits per heavy atom. The fraction of sp³-hybridized carbons (Fsp3) is 0.300. The number of ether oxygens (including phenoxy) is 3. The Labute approximate surface area is 239 Å². The predicted molar refractivity (Wildman–Crippen MR) is 159 cm³/mol. The van der Waals surface area contributed by atoms with Crippen molar-refractivity contribution >= 4 is 41.1 Å². The number of aliphatic imine (C=N–C) groups is 1. The van der Waals surface area contributed by atoms with Gasteiger partial charge < -0.3 is 24.4 Å². The number of allylic oxidation sites excluding steroid dienone is 2. The van der Waals surface area contributed by atoms with Gasteiger partial charge in [-0.3, -0.25) is 5.41 Å². The normalized spacial score (nSPS) is 11.8. The molecular formula is C30H35FN6O4. The van der Waals surface area contributed by atoms with E-state index in [0.717, 1.165) is 6.34 Å². The van der Waals surface area contributed by atoms with E-state index in [1.54, 1.807) is 11.0 Å². The minimum Gasteiger partial charge on any atom is -0.493 e. The van der Waals surface area contributed by atoms with Crippen molar-refractivity contribution in [3.63, 3.8) is 0 Å². The number of nitrogens with zero attached hydrogens (tertiary/aromatic N) is 4. The molecule has 11 heteroatoms. The molecule has 0 fully saturated rings. The fourth-order valence-electron chi connectivity index (χ4n) is 3.66. The molecule has 0 bridgehead atoms. The molecule has 41 heavy (non-hydrogen) atoms. The summed E-state index contributed by atoms with van der Waals surface area (Å²) < 4.78 is 32.0.